The van der Waals surface area contributed by atoms with Crippen LogP contribution in [-0.2, 0) is 6.54 Å². The summed E-state index contributed by atoms with van der Waals surface area (Å²) in [6.45, 7) is 3.76. The number of hydrogen-bond acceptors (Lipinski definition) is 5. The Bertz CT molecular complexity index is 787. The number of nitrogens with one attached hydrogen (secondary N) is 2. The summed E-state index contributed by atoms with van der Waals surface area (Å²) in [6.07, 6.45) is 5.83. The quantitative estimate of drug-likeness (QED) is 0.896. The van der Waals surface area contributed by atoms with Gasteiger partial charge in [-0.05, 0) is 38.3 Å². The van der Waals surface area contributed by atoms with Crippen LogP contribution in [0, 0.1) is 13.8 Å². The van der Waals surface area contributed by atoms with Crippen LogP contribution in [0.1, 0.15) is 71.4 Å². The van der Waals surface area contributed by atoms with Crippen molar-refractivity contribution in [3.8, 4) is 0 Å². The summed E-state index contributed by atoms with van der Waals surface area (Å²) >= 11 is 0. The standard InChI is InChI=1S/C17H22N4O3/c1-10-8-13(17(23)19-11(10)2)16(22)18-9-14-20-15(21-24-14)12-6-4-3-5-7-12/h8,12H,3-7,9H2,1-2H3,(H,18,22)(H,19,23). The predicted molar refractivity (Wildman–Crippen MR) is 87.8 cm³/mol. The zero-order chi connectivity index (χ0) is 17.1. The molecular weight excluding hydrogens is 308 g/mol. The van der Waals surface area contributed by atoms with Crippen LogP contribution in [0.15, 0.2) is 15.4 Å². The van der Waals surface area contributed by atoms with Crippen molar-refractivity contribution in [1.29, 1.82) is 0 Å². The number of amides is 1. The molecule has 128 valence electrons. The molecule has 2 aromatic rings. The Morgan fingerprint density at radius 1 is 1.33 bits per heavy atom. The van der Waals surface area contributed by atoms with Crippen molar-refractivity contribution >= 4 is 5.91 Å². The zero-order valence-electron chi connectivity index (χ0n) is 14.0. The zero-order valence-corrected chi connectivity index (χ0v) is 14.0. The molecule has 0 aromatic carbocycles. The van der Waals surface area contributed by atoms with E-state index in [1.807, 2.05) is 6.92 Å². The largest absolute Gasteiger partial charge is 0.343 e. The molecule has 1 fully saturated rings. The molecule has 0 bridgehead atoms. The molecule has 1 aliphatic carbocycles. The Morgan fingerprint density at radius 2 is 2.08 bits per heavy atom. The van der Waals surface area contributed by atoms with E-state index < -0.39 is 11.5 Å². The van der Waals surface area contributed by atoms with Gasteiger partial charge < -0.3 is 14.8 Å². The minimum Gasteiger partial charge on any atom is -0.343 e. The number of carbonyl (C=O) groups is 1. The Balaban J connectivity index is 1.63. The SMILES string of the molecule is Cc1cc(C(=O)NCc2nc(C3CCCCC3)no2)c(=O)[nH]c1C. The van der Waals surface area contributed by atoms with E-state index in [9.17, 15) is 9.59 Å². The van der Waals surface area contributed by atoms with Gasteiger partial charge in [-0.1, -0.05) is 24.4 Å². The Hall–Kier alpha value is -2.44. The molecule has 2 N–H and O–H groups in total. The summed E-state index contributed by atoms with van der Waals surface area (Å²) < 4.78 is 5.22. The molecule has 2 aromatic heterocycles. The Labute approximate surface area is 139 Å². The second kappa shape index (κ2) is 6.98. The maximum absolute atomic E-state index is 12.2. The number of hydrogen-bond donors (Lipinski definition) is 2. The van der Waals surface area contributed by atoms with Gasteiger partial charge in [-0.3, -0.25) is 9.59 Å². The van der Waals surface area contributed by atoms with E-state index in [2.05, 4.69) is 20.4 Å². The molecule has 0 atom stereocenters. The van der Waals surface area contributed by atoms with Gasteiger partial charge in [0.15, 0.2) is 5.82 Å². The average molecular weight is 330 g/mol. The predicted octanol–water partition coefficient (Wildman–Crippen LogP) is 2.35. The van der Waals surface area contributed by atoms with Crippen molar-refractivity contribution in [3.63, 3.8) is 0 Å². The topological polar surface area (TPSA) is 101 Å². The third-order valence-corrected chi connectivity index (χ3v) is 4.60. The first-order chi connectivity index (χ1) is 11.5. The number of aromatic amines is 1. The molecule has 24 heavy (non-hydrogen) atoms. The molecule has 7 nitrogen and oxygen atoms in total. The summed E-state index contributed by atoms with van der Waals surface area (Å²) in [5, 5.41) is 6.69. The van der Waals surface area contributed by atoms with Crippen LogP contribution in [0.3, 0.4) is 0 Å². The smallest absolute Gasteiger partial charge is 0.261 e. The molecule has 1 saturated carbocycles. The van der Waals surface area contributed by atoms with Crippen molar-refractivity contribution in [2.45, 2.75) is 58.4 Å². The molecule has 0 radical (unpaired) electrons. The molecule has 3 rings (SSSR count). The molecule has 1 amide bonds. The summed E-state index contributed by atoms with van der Waals surface area (Å²) in [5.41, 5.74) is 1.30. The number of H-pyrrole nitrogens is 1. The van der Waals surface area contributed by atoms with Crippen LogP contribution >= 0.6 is 0 Å². The average Bonchev–Trinajstić information content (AvgIpc) is 3.06. The minimum absolute atomic E-state index is 0.0881. The van der Waals surface area contributed by atoms with E-state index in [-0.39, 0.29) is 12.1 Å². The molecule has 1 aliphatic rings. The van der Waals surface area contributed by atoms with Gasteiger partial charge in [0.25, 0.3) is 11.5 Å². The lowest BCUT2D eigenvalue weighted by molar-refractivity contribution is 0.0944. The first-order valence-electron chi connectivity index (χ1n) is 8.36. The lowest BCUT2D eigenvalue weighted by Gasteiger charge is -2.17. The molecule has 0 spiro atoms. The fourth-order valence-electron chi connectivity index (χ4n) is 3.01. The molecule has 0 unspecified atom stereocenters. The van der Waals surface area contributed by atoms with Crippen molar-refractivity contribution in [3.05, 3.63) is 45.0 Å². The second-order valence-corrected chi connectivity index (χ2v) is 6.38. The van der Waals surface area contributed by atoms with Gasteiger partial charge >= 0.3 is 0 Å². The maximum atomic E-state index is 12.2. The highest BCUT2D eigenvalue weighted by atomic mass is 16.5. The fraction of sp³-hybridized carbons (Fsp3) is 0.529. The van der Waals surface area contributed by atoms with Crippen LogP contribution < -0.4 is 10.9 Å². The maximum Gasteiger partial charge on any atom is 0.261 e. The molecule has 2 heterocycles. The summed E-state index contributed by atoms with van der Waals surface area (Å²) in [4.78, 5) is 31.1. The lowest BCUT2D eigenvalue weighted by atomic mass is 9.89. The highest BCUT2D eigenvalue weighted by Crippen LogP contribution is 2.30. The van der Waals surface area contributed by atoms with Gasteiger partial charge in [0, 0.05) is 11.6 Å². The summed E-state index contributed by atoms with van der Waals surface area (Å²) in [6, 6.07) is 1.59. The van der Waals surface area contributed by atoms with E-state index in [0.717, 1.165) is 29.9 Å². The van der Waals surface area contributed by atoms with E-state index in [1.165, 1.54) is 19.3 Å². The highest BCUT2D eigenvalue weighted by Gasteiger charge is 2.21. The van der Waals surface area contributed by atoms with Crippen molar-refractivity contribution in [2.75, 3.05) is 0 Å². The number of carbonyl (C=O) groups excluding carboxylic acids is 1. The highest BCUT2D eigenvalue weighted by molar-refractivity contribution is 5.93. The fourth-order valence-corrected chi connectivity index (χ4v) is 3.01. The van der Waals surface area contributed by atoms with Crippen molar-refractivity contribution in [2.24, 2.45) is 0 Å². The molecular formula is C17H22N4O3. The van der Waals surface area contributed by atoms with E-state index in [1.54, 1.807) is 13.0 Å². The van der Waals surface area contributed by atoms with Crippen molar-refractivity contribution in [1.82, 2.24) is 20.4 Å². The lowest BCUT2D eigenvalue weighted by Crippen LogP contribution is -2.29. The summed E-state index contributed by atoms with van der Waals surface area (Å²) in [5.74, 6) is 0.999. The number of aryl methyl sites for hydroxylation is 2. The van der Waals surface area contributed by atoms with Crippen LogP contribution in [-0.4, -0.2) is 21.0 Å². The third-order valence-electron chi connectivity index (χ3n) is 4.60. The van der Waals surface area contributed by atoms with Gasteiger partial charge in [0.2, 0.25) is 5.89 Å². The van der Waals surface area contributed by atoms with E-state index >= 15 is 0 Å². The first-order valence-corrected chi connectivity index (χ1v) is 8.36. The number of pyridine rings is 1. The normalized spacial score (nSPS) is 15.4. The molecule has 7 heteroatoms. The monoisotopic (exact) mass is 330 g/mol. The van der Waals surface area contributed by atoms with Crippen LogP contribution in [0.5, 0.6) is 0 Å². The number of aromatic nitrogens is 3. The van der Waals surface area contributed by atoms with Crippen LogP contribution in [0.4, 0.5) is 0 Å². The van der Waals surface area contributed by atoms with Crippen molar-refractivity contribution < 1.29 is 9.32 Å². The molecule has 0 aliphatic heterocycles. The minimum atomic E-state index is -0.447. The van der Waals surface area contributed by atoms with Gasteiger partial charge in [-0.15, -0.1) is 0 Å². The number of rotatable bonds is 4. The van der Waals surface area contributed by atoms with Crippen LogP contribution in [0.25, 0.3) is 0 Å². The van der Waals surface area contributed by atoms with Gasteiger partial charge in [0.05, 0.1) is 6.54 Å². The Morgan fingerprint density at radius 3 is 2.83 bits per heavy atom. The van der Waals surface area contributed by atoms with E-state index in [0.29, 0.717) is 11.8 Å². The van der Waals surface area contributed by atoms with Crippen LogP contribution in [0.2, 0.25) is 0 Å². The van der Waals surface area contributed by atoms with Gasteiger partial charge in [-0.25, -0.2) is 0 Å². The first kappa shape index (κ1) is 16.4. The number of nitrogens with zero attached hydrogens (tertiary/aromatic N) is 2. The second-order valence-electron chi connectivity index (χ2n) is 6.38. The molecule has 0 saturated heterocycles. The van der Waals surface area contributed by atoms with Gasteiger partial charge in [0.1, 0.15) is 5.56 Å². The summed E-state index contributed by atoms with van der Waals surface area (Å²) in [7, 11) is 0. The Kier molecular flexibility index (Phi) is 4.78. The van der Waals surface area contributed by atoms with E-state index in [4.69, 9.17) is 4.52 Å². The van der Waals surface area contributed by atoms with Gasteiger partial charge in [-0.2, -0.15) is 4.98 Å². The third kappa shape index (κ3) is 3.55.